The Hall–Kier alpha value is -2.80. The Morgan fingerprint density at radius 1 is 0.438 bits per heavy atom. The van der Waals surface area contributed by atoms with Gasteiger partial charge in [0, 0.05) is 19.3 Å². The van der Waals surface area contributed by atoms with Crippen LogP contribution in [0, 0.1) is 0 Å². The second kappa shape index (κ2) is 50.0. The number of allylic oxidation sites excluding steroid dienone is 4. The summed E-state index contributed by atoms with van der Waals surface area (Å²) in [4.78, 5) is 51.1. The molecule has 12 heteroatoms. The molecule has 1 heterocycles. The van der Waals surface area contributed by atoms with Gasteiger partial charge in [0.05, 0.1) is 6.61 Å². The highest BCUT2D eigenvalue weighted by atomic mass is 16.7. The minimum atomic E-state index is -1.90. The number of carboxylic acid groups (broad SMARTS) is 1. The van der Waals surface area contributed by atoms with E-state index in [9.17, 15) is 34.5 Å². The summed E-state index contributed by atoms with van der Waals surface area (Å²) < 4.78 is 28.4. The monoisotopic (exact) mass is 1030 g/mol. The first-order valence-corrected chi connectivity index (χ1v) is 30.3. The average Bonchev–Trinajstić information content (AvgIpc) is 3.37. The number of carbonyl (C=O) groups is 4. The van der Waals surface area contributed by atoms with Crippen LogP contribution in [0.5, 0.6) is 0 Å². The van der Waals surface area contributed by atoms with Gasteiger partial charge in [-0.05, 0) is 64.2 Å². The largest absolute Gasteiger partial charge is 0.479 e. The first-order chi connectivity index (χ1) is 35.6. The maximum Gasteiger partial charge on any atom is 0.335 e. The van der Waals surface area contributed by atoms with Crippen molar-refractivity contribution in [2.75, 3.05) is 13.2 Å². The van der Waals surface area contributed by atoms with Crippen LogP contribution in [0.2, 0.25) is 0 Å². The van der Waals surface area contributed by atoms with Crippen LogP contribution >= 0.6 is 0 Å². The zero-order valence-electron chi connectivity index (χ0n) is 46.9. The molecule has 12 nitrogen and oxygen atoms in total. The molecule has 0 radical (unpaired) electrons. The van der Waals surface area contributed by atoms with Gasteiger partial charge < -0.3 is 39.0 Å². The van der Waals surface area contributed by atoms with E-state index in [4.69, 9.17) is 23.7 Å². The van der Waals surface area contributed by atoms with Crippen molar-refractivity contribution in [1.29, 1.82) is 0 Å². The van der Waals surface area contributed by atoms with Crippen molar-refractivity contribution >= 4 is 23.9 Å². The molecular formula is C61H110O12. The first-order valence-electron chi connectivity index (χ1n) is 30.3. The number of esters is 3. The molecule has 73 heavy (non-hydrogen) atoms. The van der Waals surface area contributed by atoms with E-state index < -0.39 is 67.3 Å². The van der Waals surface area contributed by atoms with Crippen molar-refractivity contribution in [2.24, 2.45) is 0 Å². The molecule has 1 saturated heterocycles. The molecule has 6 unspecified atom stereocenters. The van der Waals surface area contributed by atoms with Gasteiger partial charge in [0.2, 0.25) is 0 Å². The van der Waals surface area contributed by atoms with E-state index in [0.717, 1.165) is 96.3 Å². The topological polar surface area (TPSA) is 175 Å². The number of carbonyl (C=O) groups excluding carboxylic acids is 3. The number of hydrogen-bond acceptors (Lipinski definition) is 11. The molecule has 0 amide bonds. The Morgan fingerprint density at radius 3 is 1.21 bits per heavy atom. The van der Waals surface area contributed by atoms with Gasteiger partial charge >= 0.3 is 23.9 Å². The fourth-order valence-electron chi connectivity index (χ4n) is 9.29. The molecule has 426 valence electrons. The Labute approximate surface area is 445 Å². The van der Waals surface area contributed by atoms with E-state index in [1.165, 1.54) is 135 Å². The molecule has 1 aliphatic heterocycles. The van der Waals surface area contributed by atoms with Gasteiger partial charge in [-0.1, -0.05) is 231 Å². The number of ether oxygens (including phenoxy) is 5. The second-order valence-electron chi connectivity index (χ2n) is 21.0. The Balaban J connectivity index is 2.65. The van der Waals surface area contributed by atoms with Crippen molar-refractivity contribution in [2.45, 2.75) is 327 Å². The fraction of sp³-hybridized carbons (Fsp3) is 0.869. The molecule has 1 fully saturated rings. The van der Waals surface area contributed by atoms with Crippen LogP contribution in [0.1, 0.15) is 290 Å². The Morgan fingerprint density at radius 2 is 0.795 bits per heavy atom. The van der Waals surface area contributed by atoms with Crippen molar-refractivity contribution in [3.05, 3.63) is 24.3 Å². The number of aliphatic hydroxyl groups is 2. The standard InChI is InChI=1S/C61H110O12/c1-4-7-10-13-16-19-22-24-26-27-29-31-34-37-40-43-46-49-55(64)72-59-57(66)56(65)58(60(67)68)73-61(59)70-51-52(71-54(63)48-45-42-39-36-32-21-18-15-12-9-6-3)50-69-53(62)47-44-41-38-35-33-30-28-25-23-20-17-14-11-8-5-2/h15,18,25,28,52,56-59,61,65-66H,4-14,16-17,19-24,26-27,29-51H2,1-3H3,(H,67,68)/b18-15-,28-25-. The summed E-state index contributed by atoms with van der Waals surface area (Å²) >= 11 is 0. The number of carboxylic acids is 1. The fourth-order valence-corrected chi connectivity index (χ4v) is 9.29. The highest BCUT2D eigenvalue weighted by molar-refractivity contribution is 5.74. The van der Waals surface area contributed by atoms with Crippen LogP contribution in [0.4, 0.5) is 0 Å². The molecule has 0 aliphatic carbocycles. The van der Waals surface area contributed by atoms with Gasteiger partial charge in [-0.2, -0.15) is 0 Å². The molecule has 0 aromatic heterocycles. The Bertz CT molecular complexity index is 1370. The average molecular weight is 1040 g/mol. The summed E-state index contributed by atoms with van der Waals surface area (Å²) in [7, 11) is 0. The van der Waals surface area contributed by atoms with Crippen LogP contribution in [0.25, 0.3) is 0 Å². The molecule has 0 aromatic rings. The molecule has 0 saturated carbocycles. The smallest absolute Gasteiger partial charge is 0.335 e. The van der Waals surface area contributed by atoms with Crippen molar-refractivity contribution in [1.82, 2.24) is 0 Å². The van der Waals surface area contributed by atoms with E-state index in [1.807, 2.05) is 0 Å². The summed E-state index contributed by atoms with van der Waals surface area (Å²) in [6.07, 6.45) is 44.4. The van der Waals surface area contributed by atoms with Gasteiger partial charge in [0.15, 0.2) is 24.6 Å². The van der Waals surface area contributed by atoms with Gasteiger partial charge in [0.25, 0.3) is 0 Å². The molecule has 0 bridgehead atoms. The Kier molecular flexibility index (Phi) is 46.8. The minimum Gasteiger partial charge on any atom is -0.479 e. The predicted octanol–water partition coefficient (Wildman–Crippen LogP) is 15.5. The lowest BCUT2D eigenvalue weighted by atomic mass is 9.98. The van der Waals surface area contributed by atoms with E-state index in [0.29, 0.717) is 19.3 Å². The molecule has 0 spiro atoms. The third-order valence-corrected chi connectivity index (χ3v) is 14.0. The number of rotatable bonds is 52. The second-order valence-corrected chi connectivity index (χ2v) is 21.0. The molecule has 1 aliphatic rings. The lowest BCUT2D eigenvalue weighted by Crippen LogP contribution is -2.61. The highest BCUT2D eigenvalue weighted by Crippen LogP contribution is 2.27. The third-order valence-electron chi connectivity index (χ3n) is 14.0. The summed E-state index contributed by atoms with van der Waals surface area (Å²) in [5.41, 5.74) is 0. The number of aliphatic hydroxyl groups excluding tert-OH is 2. The molecular weight excluding hydrogens is 925 g/mol. The van der Waals surface area contributed by atoms with E-state index in [2.05, 4.69) is 45.1 Å². The molecule has 1 rings (SSSR count). The van der Waals surface area contributed by atoms with E-state index >= 15 is 0 Å². The van der Waals surface area contributed by atoms with E-state index in [1.54, 1.807) is 0 Å². The molecule has 6 atom stereocenters. The lowest BCUT2D eigenvalue weighted by Gasteiger charge is -2.40. The zero-order valence-corrected chi connectivity index (χ0v) is 46.9. The van der Waals surface area contributed by atoms with Crippen molar-refractivity contribution < 1.29 is 58.2 Å². The number of hydrogen-bond donors (Lipinski definition) is 3. The molecule has 3 N–H and O–H groups in total. The third kappa shape index (κ3) is 40.2. The van der Waals surface area contributed by atoms with Crippen LogP contribution < -0.4 is 0 Å². The lowest BCUT2D eigenvalue weighted by molar-refractivity contribution is -0.301. The predicted molar refractivity (Wildman–Crippen MR) is 294 cm³/mol. The van der Waals surface area contributed by atoms with Gasteiger partial charge in [-0.15, -0.1) is 0 Å². The van der Waals surface area contributed by atoms with Gasteiger partial charge in [0.1, 0.15) is 18.8 Å². The van der Waals surface area contributed by atoms with Crippen molar-refractivity contribution in [3.63, 3.8) is 0 Å². The maximum atomic E-state index is 13.1. The number of unbranched alkanes of at least 4 members (excludes halogenated alkanes) is 34. The van der Waals surface area contributed by atoms with Gasteiger partial charge in [-0.3, -0.25) is 14.4 Å². The highest BCUT2D eigenvalue weighted by Gasteiger charge is 2.50. The number of aliphatic carboxylic acids is 1. The summed E-state index contributed by atoms with van der Waals surface area (Å²) in [6.45, 7) is 5.96. The van der Waals surface area contributed by atoms with Crippen LogP contribution in [-0.4, -0.2) is 89.2 Å². The van der Waals surface area contributed by atoms with Crippen LogP contribution in [0.3, 0.4) is 0 Å². The summed E-state index contributed by atoms with van der Waals surface area (Å²) in [6, 6.07) is 0. The SMILES string of the molecule is CCCC/C=C\CCCCCCCC(=O)OC(COC(=O)CCCCCCC/C=C\CCCCCCCC)COC1OC(C(=O)O)C(O)C(O)C1OC(=O)CCCCCCCCCCCCCCCCCCC. The van der Waals surface area contributed by atoms with Crippen LogP contribution in [0.15, 0.2) is 24.3 Å². The zero-order chi connectivity index (χ0) is 53.3. The summed E-state index contributed by atoms with van der Waals surface area (Å²) in [5, 5.41) is 31.5. The van der Waals surface area contributed by atoms with Gasteiger partial charge in [-0.25, -0.2) is 4.79 Å². The summed E-state index contributed by atoms with van der Waals surface area (Å²) in [5.74, 6) is -3.11. The van der Waals surface area contributed by atoms with Crippen molar-refractivity contribution in [3.8, 4) is 0 Å². The normalized spacial score (nSPS) is 18.4. The molecule has 0 aromatic carbocycles. The minimum absolute atomic E-state index is 0.0655. The maximum absolute atomic E-state index is 13.1. The van der Waals surface area contributed by atoms with E-state index in [-0.39, 0.29) is 25.9 Å². The quantitative estimate of drug-likeness (QED) is 0.0228. The first kappa shape index (κ1) is 68.2. The van der Waals surface area contributed by atoms with Crippen LogP contribution in [-0.2, 0) is 42.9 Å².